The number of benzene rings is 1. The minimum atomic E-state index is 0.883. The number of piperazine rings is 1. The summed E-state index contributed by atoms with van der Waals surface area (Å²) >= 11 is 6.40. The van der Waals surface area contributed by atoms with Crippen LogP contribution in [-0.4, -0.2) is 51.7 Å². The minimum absolute atomic E-state index is 0.883. The third kappa shape index (κ3) is 3.37. The van der Waals surface area contributed by atoms with Crippen molar-refractivity contribution in [3.05, 3.63) is 28.8 Å². The van der Waals surface area contributed by atoms with Gasteiger partial charge < -0.3 is 15.1 Å². The molecular weight excluding hydrogens is 246 g/mol. The number of likely N-dealkylation sites (N-methyl/N-ethyl adjacent to an activating group) is 2. The maximum Gasteiger partial charge on any atom is 0.0642 e. The summed E-state index contributed by atoms with van der Waals surface area (Å²) in [6, 6.07) is 6.46. The lowest BCUT2D eigenvalue weighted by atomic mass is 10.1. The molecule has 0 aliphatic carbocycles. The molecule has 18 heavy (non-hydrogen) atoms. The molecule has 1 fully saturated rings. The molecule has 1 saturated heterocycles. The first-order valence-corrected chi connectivity index (χ1v) is 6.95. The molecule has 1 aromatic rings. The molecule has 1 heterocycles. The van der Waals surface area contributed by atoms with E-state index >= 15 is 0 Å². The molecule has 0 radical (unpaired) electrons. The van der Waals surface area contributed by atoms with E-state index in [1.54, 1.807) is 0 Å². The van der Waals surface area contributed by atoms with Crippen LogP contribution in [0, 0.1) is 0 Å². The molecular formula is C14H22ClN3. The lowest BCUT2D eigenvalue weighted by molar-refractivity contribution is 0.313. The topological polar surface area (TPSA) is 18.5 Å². The van der Waals surface area contributed by atoms with E-state index < -0.39 is 0 Å². The van der Waals surface area contributed by atoms with Crippen molar-refractivity contribution in [3.8, 4) is 0 Å². The van der Waals surface area contributed by atoms with E-state index in [2.05, 4.69) is 40.4 Å². The largest absolute Gasteiger partial charge is 0.368 e. The smallest absolute Gasteiger partial charge is 0.0642 e. The Bertz CT molecular complexity index is 387. The number of hydrogen-bond donors (Lipinski definition) is 1. The molecule has 3 nitrogen and oxygen atoms in total. The van der Waals surface area contributed by atoms with Crippen LogP contribution in [0.15, 0.2) is 18.2 Å². The molecule has 0 aromatic heterocycles. The first kappa shape index (κ1) is 13.7. The minimum Gasteiger partial charge on any atom is -0.368 e. The van der Waals surface area contributed by atoms with Crippen molar-refractivity contribution in [1.82, 2.24) is 10.2 Å². The molecule has 1 N–H and O–H groups in total. The van der Waals surface area contributed by atoms with Crippen molar-refractivity contribution in [3.63, 3.8) is 0 Å². The Morgan fingerprint density at radius 2 is 1.94 bits per heavy atom. The molecule has 0 amide bonds. The molecule has 4 heteroatoms. The van der Waals surface area contributed by atoms with Gasteiger partial charge in [-0.1, -0.05) is 17.7 Å². The van der Waals surface area contributed by atoms with Gasteiger partial charge in [-0.25, -0.2) is 0 Å². The van der Waals surface area contributed by atoms with Gasteiger partial charge in [-0.15, -0.1) is 0 Å². The van der Waals surface area contributed by atoms with E-state index in [1.807, 2.05) is 7.05 Å². The number of nitrogens with zero attached hydrogens (tertiary/aromatic N) is 2. The van der Waals surface area contributed by atoms with E-state index in [9.17, 15) is 0 Å². The van der Waals surface area contributed by atoms with E-state index in [4.69, 9.17) is 11.6 Å². The summed E-state index contributed by atoms with van der Waals surface area (Å²) in [4.78, 5) is 4.73. The van der Waals surface area contributed by atoms with E-state index in [0.29, 0.717) is 0 Å². The van der Waals surface area contributed by atoms with Gasteiger partial charge in [0.15, 0.2) is 0 Å². The second-order valence-corrected chi connectivity index (χ2v) is 5.34. The highest BCUT2D eigenvalue weighted by Crippen LogP contribution is 2.27. The Kier molecular flexibility index (Phi) is 4.87. The van der Waals surface area contributed by atoms with Gasteiger partial charge in [0.1, 0.15) is 0 Å². The van der Waals surface area contributed by atoms with Crippen LogP contribution in [-0.2, 0) is 6.42 Å². The van der Waals surface area contributed by atoms with Crippen LogP contribution in [0.25, 0.3) is 0 Å². The van der Waals surface area contributed by atoms with Crippen molar-refractivity contribution >= 4 is 17.3 Å². The Morgan fingerprint density at radius 1 is 1.22 bits per heavy atom. The summed E-state index contributed by atoms with van der Waals surface area (Å²) < 4.78 is 0. The molecule has 1 aliphatic heterocycles. The summed E-state index contributed by atoms with van der Waals surface area (Å²) in [6.45, 7) is 5.33. The zero-order valence-corrected chi connectivity index (χ0v) is 12.0. The SMILES string of the molecule is CNCCc1ccc(N2CCN(C)CC2)c(Cl)c1. The zero-order valence-electron chi connectivity index (χ0n) is 11.2. The van der Waals surface area contributed by atoms with E-state index in [-0.39, 0.29) is 0 Å². The van der Waals surface area contributed by atoms with Crippen LogP contribution in [0.4, 0.5) is 5.69 Å². The number of hydrogen-bond acceptors (Lipinski definition) is 3. The summed E-state index contributed by atoms with van der Waals surface area (Å²) in [5, 5.41) is 4.04. The quantitative estimate of drug-likeness (QED) is 0.898. The normalized spacial score (nSPS) is 17.2. The Labute approximate surface area is 115 Å². The predicted molar refractivity (Wildman–Crippen MR) is 78.8 cm³/mol. The van der Waals surface area contributed by atoms with Crippen LogP contribution < -0.4 is 10.2 Å². The maximum atomic E-state index is 6.40. The fraction of sp³-hybridized carbons (Fsp3) is 0.571. The molecule has 2 rings (SSSR count). The first-order valence-electron chi connectivity index (χ1n) is 6.57. The number of rotatable bonds is 4. The highest BCUT2D eigenvalue weighted by atomic mass is 35.5. The number of halogens is 1. The van der Waals surface area contributed by atoms with Gasteiger partial charge in [-0.05, 0) is 44.8 Å². The lowest BCUT2D eigenvalue weighted by Crippen LogP contribution is -2.44. The van der Waals surface area contributed by atoms with Crippen molar-refractivity contribution < 1.29 is 0 Å². The summed E-state index contributed by atoms with van der Waals surface area (Å²) in [7, 11) is 4.14. The van der Waals surface area contributed by atoms with Gasteiger partial charge in [0, 0.05) is 26.2 Å². The van der Waals surface area contributed by atoms with Gasteiger partial charge in [-0.2, -0.15) is 0 Å². The fourth-order valence-electron chi connectivity index (χ4n) is 2.28. The Hall–Kier alpha value is -0.770. The second-order valence-electron chi connectivity index (χ2n) is 4.93. The average molecular weight is 268 g/mol. The third-order valence-electron chi connectivity index (χ3n) is 3.52. The van der Waals surface area contributed by atoms with E-state index in [1.165, 1.54) is 11.3 Å². The summed E-state index contributed by atoms with van der Waals surface area (Å²) in [5.74, 6) is 0. The molecule has 100 valence electrons. The van der Waals surface area contributed by atoms with Crippen molar-refractivity contribution in [2.75, 3.05) is 51.7 Å². The van der Waals surface area contributed by atoms with Crippen LogP contribution in [0.3, 0.4) is 0 Å². The number of anilines is 1. The molecule has 1 aliphatic rings. The molecule has 0 saturated carbocycles. The number of nitrogens with one attached hydrogen (secondary N) is 1. The molecule has 0 spiro atoms. The Balaban J connectivity index is 2.05. The predicted octanol–water partition coefficient (Wildman–Crippen LogP) is 1.85. The van der Waals surface area contributed by atoms with Crippen LogP contribution in [0.2, 0.25) is 5.02 Å². The Morgan fingerprint density at radius 3 is 2.56 bits per heavy atom. The van der Waals surface area contributed by atoms with Crippen LogP contribution in [0.5, 0.6) is 0 Å². The van der Waals surface area contributed by atoms with E-state index in [0.717, 1.165) is 44.2 Å². The highest BCUT2D eigenvalue weighted by Gasteiger charge is 2.16. The lowest BCUT2D eigenvalue weighted by Gasteiger charge is -2.34. The molecule has 1 aromatic carbocycles. The fourth-order valence-corrected chi connectivity index (χ4v) is 2.60. The first-order chi connectivity index (χ1) is 8.70. The highest BCUT2D eigenvalue weighted by molar-refractivity contribution is 6.33. The van der Waals surface area contributed by atoms with Crippen molar-refractivity contribution in [2.24, 2.45) is 0 Å². The van der Waals surface area contributed by atoms with Gasteiger partial charge in [0.25, 0.3) is 0 Å². The second kappa shape index (κ2) is 6.41. The third-order valence-corrected chi connectivity index (χ3v) is 3.82. The van der Waals surface area contributed by atoms with Crippen molar-refractivity contribution in [2.45, 2.75) is 6.42 Å². The van der Waals surface area contributed by atoms with Crippen LogP contribution >= 0.6 is 11.6 Å². The average Bonchev–Trinajstić information content (AvgIpc) is 2.38. The molecule has 0 atom stereocenters. The summed E-state index contributed by atoms with van der Waals surface area (Å²) in [6.07, 6.45) is 1.03. The van der Waals surface area contributed by atoms with Gasteiger partial charge in [-0.3, -0.25) is 0 Å². The molecule has 0 bridgehead atoms. The maximum absolute atomic E-state index is 6.40. The van der Waals surface area contributed by atoms with Gasteiger partial charge >= 0.3 is 0 Å². The van der Waals surface area contributed by atoms with Gasteiger partial charge in [0.05, 0.1) is 10.7 Å². The summed E-state index contributed by atoms with van der Waals surface area (Å²) in [5.41, 5.74) is 2.48. The monoisotopic (exact) mass is 267 g/mol. The van der Waals surface area contributed by atoms with Crippen molar-refractivity contribution in [1.29, 1.82) is 0 Å². The van der Waals surface area contributed by atoms with Gasteiger partial charge in [0.2, 0.25) is 0 Å². The van der Waals surface area contributed by atoms with Crippen LogP contribution in [0.1, 0.15) is 5.56 Å². The standard InChI is InChI=1S/C14H22ClN3/c1-16-6-5-12-3-4-14(13(15)11-12)18-9-7-17(2)8-10-18/h3-4,11,16H,5-10H2,1-2H3. The molecule has 0 unspecified atom stereocenters. The zero-order chi connectivity index (χ0) is 13.0.